The Balaban J connectivity index is 3.01. The second-order valence-electron chi connectivity index (χ2n) is 1.88. The zero-order valence-corrected chi connectivity index (χ0v) is 7.71. The Labute approximate surface area is 78.2 Å². The number of rotatable bonds is 2. The Morgan fingerprint density at radius 3 is 2.73 bits per heavy atom. The van der Waals surface area contributed by atoms with Crippen LogP contribution >= 0.6 is 33.3 Å². The number of halogens is 2. The highest BCUT2D eigenvalue weighted by atomic mass is 35.7. The average Bonchev–Trinajstić information content (AvgIpc) is 2.05. The van der Waals surface area contributed by atoms with Crippen LogP contribution in [0.3, 0.4) is 0 Å². The van der Waals surface area contributed by atoms with Crippen LogP contribution in [0.2, 0.25) is 0 Å². The molecule has 1 rings (SSSR count). The summed E-state index contributed by atoms with van der Waals surface area (Å²) in [5, 5.41) is -0.461. The molecule has 4 heteroatoms. The highest BCUT2D eigenvalue weighted by Crippen LogP contribution is 2.22. The summed E-state index contributed by atoms with van der Waals surface area (Å²) < 4.78 is 0. The Bertz CT molecular complexity index is 275. The Morgan fingerprint density at radius 1 is 1.45 bits per heavy atom. The summed E-state index contributed by atoms with van der Waals surface area (Å²) in [6.07, 6.45) is 0. The highest BCUT2D eigenvalue weighted by molar-refractivity contribution is 8.21. The number of carbonyl (C=O) groups excluding carboxylic acids is 1. The van der Waals surface area contributed by atoms with Gasteiger partial charge in [-0.3, -0.25) is 4.79 Å². The molecular formula is C7H4Cl2OS. The van der Waals surface area contributed by atoms with Gasteiger partial charge in [-0.05, 0) is 45.4 Å². The molecule has 0 aliphatic heterocycles. The maximum absolute atomic E-state index is 10.6. The van der Waals surface area contributed by atoms with E-state index in [1.165, 1.54) is 0 Å². The van der Waals surface area contributed by atoms with E-state index in [1.54, 1.807) is 24.3 Å². The van der Waals surface area contributed by atoms with Crippen LogP contribution in [0, 0.1) is 0 Å². The summed E-state index contributed by atoms with van der Waals surface area (Å²) in [5.41, 5.74) is 0.470. The van der Waals surface area contributed by atoms with E-state index >= 15 is 0 Å². The number of benzene rings is 1. The lowest BCUT2D eigenvalue weighted by atomic mass is 10.2. The maximum atomic E-state index is 10.6. The van der Waals surface area contributed by atoms with E-state index in [4.69, 9.17) is 22.3 Å². The summed E-state index contributed by atoms with van der Waals surface area (Å²) >= 11 is 5.24. The first-order valence-corrected chi connectivity index (χ1v) is 4.84. The van der Waals surface area contributed by atoms with Crippen molar-refractivity contribution in [2.75, 3.05) is 0 Å². The lowest BCUT2D eigenvalue weighted by molar-refractivity contribution is 0.108. The van der Waals surface area contributed by atoms with Crippen molar-refractivity contribution in [3.8, 4) is 0 Å². The molecule has 1 nitrogen and oxygen atoms in total. The van der Waals surface area contributed by atoms with Gasteiger partial charge in [-0.1, -0.05) is 12.1 Å². The van der Waals surface area contributed by atoms with Crippen LogP contribution in [0.5, 0.6) is 0 Å². The Morgan fingerprint density at radius 2 is 2.18 bits per heavy atom. The zero-order chi connectivity index (χ0) is 8.27. The molecule has 1 aromatic carbocycles. The van der Waals surface area contributed by atoms with Crippen molar-refractivity contribution in [1.29, 1.82) is 0 Å². The first-order valence-electron chi connectivity index (χ1n) is 2.82. The molecule has 0 aromatic heterocycles. The topological polar surface area (TPSA) is 17.1 Å². The molecule has 0 saturated heterocycles. The van der Waals surface area contributed by atoms with Gasteiger partial charge in [0.15, 0.2) is 0 Å². The van der Waals surface area contributed by atoms with Gasteiger partial charge < -0.3 is 0 Å². The van der Waals surface area contributed by atoms with Crippen molar-refractivity contribution in [3.05, 3.63) is 29.8 Å². The first-order chi connectivity index (χ1) is 5.24. The summed E-state index contributed by atoms with van der Waals surface area (Å²) in [4.78, 5) is 11.4. The fourth-order valence-electron chi connectivity index (χ4n) is 0.666. The first kappa shape index (κ1) is 8.91. The average molecular weight is 207 g/mol. The summed E-state index contributed by atoms with van der Waals surface area (Å²) in [7, 11) is 6.53. The normalized spacial score (nSPS) is 9.64. The molecule has 0 spiro atoms. The van der Waals surface area contributed by atoms with E-state index in [9.17, 15) is 4.79 Å². The van der Waals surface area contributed by atoms with Crippen LogP contribution in [-0.4, -0.2) is 5.24 Å². The zero-order valence-electron chi connectivity index (χ0n) is 5.38. The predicted molar refractivity (Wildman–Crippen MR) is 48.3 cm³/mol. The molecule has 1 aromatic rings. The second kappa shape index (κ2) is 4.00. The van der Waals surface area contributed by atoms with Crippen molar-refractivity contribution in [2.24, 2.45) is 0 Å². The molecule has 0 amide bonds. The number of hydrogen-bond acceptors (Lipinski definition) is 2. The molecule has 0 aliphatic carbocycles. The minimum atomic E-state index is -0.461. The fourth-order valence-corrected chi connectivity index (χ4v) is 1.37. The third-order valence-electron chi connectivity index (χ3n) is 1.15. The van der Waals surface area contributed by atoms with Gasteiger partial charge in [-0.25, -0.2) is 0 Å². The predicted octanol–water partition coefficient (Wildman–Crippen LogP) is 3.31. The molecule has 0 saturated carbocycles. The van der Waals surface area contributed by atoms with Gasteiger partial charge in [0.25, 0.3) is 5.24 Å². The molecule has 0 bridgehead atoms. The largest absolute Gasteiger partial charge is 0.276 e. The van der Waals surface area contributed by atoms with Crippen molar-refractivity contribution >= 4 is 38.5 Å². The van der Waals surface area contributed by atoms with Crippen LogP contribution in [0.4, 0.5) is 0 Å². The minimum absolute atomic E-state index is 0.461. The van der Waals surface area contributed by atoms with Crippen molar-refractivity contribution < 1.29 is 4.79 Å². The quantitative estimate of drug-likeness (QED) is 0.692. The smallest absolute Gasteiger partial charge is 0.252 e. The molecule has 0 fully saturated rings. The number of carbonyl (C=O) groups is 1. The number of hydrogen-bond donors (Lipinski definition) is 0. The molecule has 0 N–H and O–H groups in total. The van der Waals surface area contributed by atoms with Gasteiger partial charge >= 0.3 is 0 Å². The van der Waals surface area contributed by atoms with Crippen LogP contribution in [0.15, 0.2) is 29.2 Å². The van der Waals surface area contributed by atoms with Crippen LogP contribution in [0.25, 0.3) is 0 Å². The van der Waals surface area contributed by atoms with Crippen molar-refractivity contribution in [1.82, 2.24) is 0 Å². The van der Waals surface area contributed by atoms with E-state index in [2.05, 4.69) is 0 Å². The van der Waals surface area contributed by atoms with Crippen molar-refractivity contribution in [2.45, 2.75) is 4.90 Å². The van der Waals surface area contributed by atoms with Gasteiger partial charge in [0.1, 0.15) is 0 Å². The minimum Gasteiger partial charge on any atom is -0.276 e. The lowest BCUT2D eigenvalue weighted by Gasteiger charge is -1.95. The molecule has 0 atom stereocenters. The van der Waals surface area contributed by atoms with Crippen molar-refractivity contribution in [3.63, 3.8) is 0 Å². The fraction of sp³-hybridized carbons (Fsp3) is 0. The summed E-state index contributed by atoms with van der Waals surface area (Å²) in [5.74, 6) is 0. The molecule has 0 unspecified atom stereocenters. The summed E-state index contributed by atoms with van der Waals surface area (Å²) in [6, 6.07) is 6.83. The van der Waals surface area contributed by atoms with E-state index < -0.39 is 5.24 Å². The molecule has 0 heterocycles. The standard InChI is InChI=1S/C7H4Cl2OS/c8-7(10)5-2-1-3-6(4-5)11-9/h1-4H. The lowest BCUT2D eigenvalue weighted by Crippen LogP contribution is -1.86. The van der Waals surface area contributed by atoms with E-state index in [0.717, 1.165) is 15.9 Å². The third-order valence-corrected chi connectivity index (χ3v) is 2.33. The van der Waals surface area contributed by atoms with E-state index in [-0.39, 0.29) is 0 Å². The molecule has 11 heavy (non-hydrogen) atoms. The summed E-state index contributed by atoms with van der Waals surface area (Å²) in [6.45, 7) is 0. The van der Waals surface area contributed by atoms with Gasteiger partial charge in [0.2, 0.25) is 0 Å². The maximum Gasteiger partial charge on any atom is 0.252 e. The SMILES string of the molecule is O=C(Cl)c1cccc(SCl)c1. The van der Waals surface area contributed by atoms with Crippen LogP contribution in [-0.2, 0) is 0 Å². The van der Waals surface area contributed by atoms with E-state index in [1.807, 2.05) is 0 Å². The van der Waals surface area contributed by atoms with Crippen LogP contribution < -0.4 is 0 Å². The second-order valence-corrected chi connectivity index (χ2v) is 3.31. The molecule has 0 aliphatic rings. The van der Waals surface area contributed by atoms with Crippen LogP contribution in [0.1, 0.15) is 10.4 Å². The van der Waals surface area contributed by atoms with Gasteiger partial charge in [0, 0.05) is 10.5 Å². The van der Waals surface area contributed by atoms with Gasteiger partial charge in [-0.15, -0.1) is 0 Å². The third kappa shape index (κ3) is 2.40. The Kier molecular flexibility index (Phi) is 3.24. The van der Waals surface area contributed by atoms with Gasteiger partial charge in [-0.2, -0.15) is 0 Å². The Hall–Kier alpha value is -0.180. The molecule has 0 radical (unpaired) electrons. The highest BCUT2D eigenvalue weighted by Gasteiger charge is 2.01. The molecule has 58 valence electrons. The van der Waals surface area contributed by atoms with E-state index in [0.29, 0.717) is 5.56 Å². The monoisotopic (exact) mass is 206 g/mol. The van der Waals surface area contributed by atoms with Gasteiger partial charge in [0.05, 0.1) is 0 Å². The molecular weight excluding hydrogens is 203 g/mol.